The molecular weight excluding hydrogens is 276 g/mol. The van der Waals surface area contributed by atoms with E-state index in [2.05, 4.69) is 20.6 Å². The van der Waals surface area contributed by atoms with Crippen LogP contribution in [0, 0.1) is 0 Å². The van der Waals surface area contributed by atoms with Crippen LogP contribution in [0.2, 0.25) is 0 Å². The largest absolute Gasteiger partial charge is 0.355 e. The summed E-state index contributed by atoms with van der Waals surface area (Å²) in [5, 5.41) is 5.54. The van der Waals surface area contributed by atoms with Gasteiger partial charge in [0, 0.05) is 20.6 Å². The summed E-state index contributed by atoms with van der Waals surface area (Å²) in [6, 6.07) is -0.522. The maximum atomic E-state index is 12.0. The zero-order valence-electron chi connectivity index (χ0n) is 12.4. The molecule has 0 saturated carbocycles. The molecule has 1 amide bonds. The van der Waals surface area contributed by atoms with E-state index in [1.54, 1.807) is 6.92 Å². The maximum Gasteiger partial charge on any atom is 0.332 e. The first kappa shape index (κ1) is 14.8. The monoisotopic (exact) mass is 294 g/mol. The second kappa shape index (κ2) is 5.43. The first-order chi connectivity index (χ1) is 9.86. The fourth-order valence-electron chi connectivity index (χ4n) is 1.99. The summed E-state index contributed by atoms with van der Waals surface area (Å²) >= 11 is 0. The Balaban J connectivity index is 2.43. The molecule has 0 bridgehead atoms. The van der Waals surface area contributed by atoms with Gasteiger partial charge in [-0.2, -0.15) is 4.98 Å². The highest BCUT2D eigenvalue weighted by atomic mass is 16.2. The van der Waals surface area contributed by atoms with Gasteiger partial charge in [0.15, 0.2) is 11.2 Å². The highest BCUT2D eigenvalue weighted by Gasteiger charge is 2.16. The van der Waals surface area contributed by atoms with Gasteiger partial charge in [0.05, 0.1) is 0 Å². The number of carbonyl (C=O) groups excluding carboxylic acids is 1. The molecular formula is C12H18N6O3. The minimum atomic E-state index is -0.522. The highest BCUT2D eigenvalue weighted by molar-refractivity contribution is 5.84. The normalized spacial score (nSPS) is 12.4. The number of rotatable bonds is 4. The molecule has 0 fully saturated rings. The van der Waals surface area contributed by atoms with E-state index in [4.69, 9.17) is 0 Å². The highest BCUT2D eigenvalue weighted by Crippen LogP contribution is 2.09. The second-order valence-electron chi connectivity index (χ2n) is 4.75. The molecule has 9 nitrogen and oxygen atoms in total. The predicted octanol–water partition coefficient (Wildman–Crippen LogP) is -1.10. The van der Waals surface area contributed by atoms with Crippen LogP contribution in [0.3, 0.4) is 0 Å². The third-order valence-electron chi connectivity index (χ3n) is 3.19. The summed E-state index contributed by atoms with van der Waals surface area (Å²) in [4.78, 5) is 42.5. The van der Waals surface area contributed by atoms with Crippen LogP contribution in [0.25, 0.3) is 11.2 Å². The summed E-state index contributed by atoms with van der Waals surface area (Å²) in [7, 11) is 2.93. The molecule has 2 rings (SSSR count). The number of amides is 1. The van der Waals surface area contributed by atoms with Crippen molar-refractivity contribution in [2.24, 2.45) is 14.1 Å². The van der Waals surface area contributed by atoms with Gasteiger partial charge >= 0.3 is 5.69 Å². The lowest BCUT2D eigenvalue weighted by molar-refractivity contribution is -0.121. The van der Waals surface area contributed by atoms with Crippen molar-refractivity contribution < 1.29 is 4.79 Å². The topological polar surface area (TPSA) is 114 Å². The molecule has 114 valence electrons. The van der Waals surface area contributed by atoms with E-state index in [1.807, 2.05) is 6.92 Å². The van der Waals surface area contributed by atoms with Gasteiger partial charge in [-0.05, 0) is 13.8 Å². The first-order valence-electron chi connectivity index (χ1n) is 6.56. The number of aryl methyl sites for hydroxylation is 1. The van der Waals surface area contributed by atoms with Crippen LogP contribution in [0.4, 0.5) is 5.95 Å². The van der Waals surface area contributed by atoms with Crippen molar-refractivity contribution in [3.05, 3.63) is 20.8 Å². The van der Waals surface area contributed by atoms with E-state index in [0.717, 1.165) is 4.57 Å². The number of carbonyl (C=O) groups is 1. The Labute approximate surface area is 120 Å². The number of anilines is 1. The summed E-state index contributed by atoms with van der Waals surface area (Å²) in [6.07, 6.45) is 0. The average Bonchev–Trinajstić information content (AvgIpc) is 2.87. The Morgan fingerprint density at radius 1 is 1.33 bits per heavy atom. The molecule has 0 spiro atoms. The Kier molecular flexibility index (Phi) is 3.83. The number of nitrogens with zero attached hydrogens (tertiary/aromatic N) is 3. The zero-order chi connectivity index (χ0) is 15.7. The number of hydrogen-bond acceptors (Lipinski definition) is 5. The SMILES string of the molecule is CCNC(=O)C(C)Nc1nc2c([nH]1)c(=O)n(C)c(=O)n2C. The summed E-state index contributed by atoms with van der Waals surface area (Å²) in [6.45, 7) is 4.03. The van der Waals surface area contributed by atoms with Gasteiger partial charge < -0.3 is 15.6 Å². The molecule has 2 heterocycles. The predicted molar refractivity (Wildman–Crippen MR) is 78.3 cm³/mol. The van der Waals surface area contributed by atoms with Gasteiger partial charge in [0.2, 0.25) is 11.9 Å². The van der Waals surface area contributed by atoms with Crippen molar-refractivity contribution in [1.29, 1.82) is 0 Å². The third-order valence-corrected chi connectivity index (χ3v) is 3.19. The van der Waals surface area contributed by atoms with Gasteiger partial charge in [-0.15, -0.1) is 0 Å². The average molecular weight is 294 g/mol. The summed E-state index contributed by atoms with van der Waals surface area (Å²) < 4.78 is 2.27. The molecule has 0 radical (unpaired) electrons. The van der Waals surface area contributed by atoms with Crippen LogP contribution in [0.5, 0.6) is 0 Å². The maximum absolute atomic E-state index is 12.0. The fourth-order valence-corrected chi connectivity index (χ4v) is 1.99. The van der Waals surface area contributed by atoms with E-state index in [9.17, 15) is 14.4 Å². The van der Waals surface area contributed by atoms with Gasteiger partial charge in [0.25, 0.3) is 5.56 Å². The van der Waals surface area contributed by atoms with Crippen LogP contribution >= 0.6 is 0 Å². The van der Waals surface area contributed by atoms with Crippen LogP contribution < -0.4 is 21.9 Å². The van der Waals surface area contributed by atoms with Crippen molar-refractivity contribution in [2.75, 3.05) is 11.9 Å². The second-order valence-corrected chi connectivity index (χ2v) is 4.75. The third kappa shape index (κ3) is 2.54. The Hall–Kier alpha value is -2.58. The van der Waals surface area contributed by atoms with E-state index in [-0.39, 0.29) is 23.0 Å². The van der Waals surface area contributed by atoms with Crippen LogP contribution in [-0.2, 0) is 18.9 Å². The number of aromatic amines is 1. The number of aromatic nitrogens is 4. The molecule has 0 aliphatic carbocycles. The summed E-state index contributed by atoms with van der Waals surface area (Å²) in [5.74, 6) is 0.0850. The molecule has 0 saturated heterocycles. The standard InChI is InChI=1S/C12H18N6O3/c1-5-13-9(19)6(2)14-11-15-7-8(16-11)17(3)12(21)18(4)10(7)20/h6H,5H2,1-4H3,(H,13,19)(H2,14,15,16). The van der Waals surface area contributed by atoms with E-state index in [1.165, 1.54) is 18.7 Å². The van der Waals surface area contributed by atoms with Crippen LogP contribution in [-0.4, -0.2) is 37.6 Å². The van der Waals surface area contributed by atoms with Crippen molar-refractivity contribution in [3.63, 3.8) is 0 Å². The molecule has 0 aromatic carbocycles. The Morgan fingerprint density at radius 2 is 2.00 bits per heavy atom. The van der Waals surface area contributed by atoms with Crippen molar-refractivity contribution in [3.8, 4) is 0 Å². The number of hydrogen-bond donors (Lipinski definition) is 3. The molecule has 2 aromatic rings. The zero-order valence-corrected chi connectivity index (χ0v) is 12.4. The molecule has 2 aromatic heterocycles. The number of likely N-dealkylation sites (N-methyl/N-ethyl adjacent to an activating group) is 1. The molecule has 3 N–H and O–H groups in total. The molecule has 9 heteroatoms. The lowest BCUT2D eigenvalue weighted by Gasteiger charge is -2.11. The number of imidazole rings is 1. The lowest BCUT2D eigenvalue weighted by Crippen LogP contribution is -2.37. The molecule has 1 atom stereocenters. The number of fused-ring (bicyclic) bond motifs is 1. The first-order valence-corrected chi connectivity index (χ1v) is 6.56. The van der Waals surface area contributed by atoms with Crippen molar-refractivity contribution >= 4 is 23.0 Å². The quantitative estimate of drug-likeness (QED) is 0.662. The number of nitrogens with one attached hydrogen (secondary N) is 3. The minimum absolute atomic E-state index is 0.181. The van der Waals surface area contributed by atoms with Crippen LogP contribution in [0.1, 0.15) is 13.8 Å². The smallest absolute Gasteiger partial charge is 0.332 e. The molecule has 0 aliphatic heterocycles. The number of H-pyrrole nitrogens is 1. The van der Waals surface area contributed by atoms with Gasteiger partial charge in [0.1, 0.15) is 6.04 Å². The van der Waals surface area contributed by atoms with Crippen molar-refractivity contribution in [2.45, 2.75) is 19.9 Å². The van der Waals surface area contributed by atoms with Crippen molar-refractivity contribution in [1.82, 2.24) is 24.4 Å². The van der Waals surface area contributed by atoms with E-state index in [0.29, 0.717) is 6.54 Å². The van der Waals surface area contributed by atoms with E-state index >= 15 is 0 Å². The molecule has 1 unspecified atom stereocenters. The molecule has 0 aliphatic rings. The van der Waals surface area contributed by atoms with Gasteiger partial charge in [-0.3, -0.25) is 18.7 Å². The summed E-state index contributed by atoms with van der Waals surface area (Å²) in [5.41, 5.74) is -0.458. The fraction of sp³-hybridized carbons (Fsp3) is 0.500. The van der Waals surface area contributed by atoms with E-state index < -0.39 is 17.3 Å². The van der Waals surface area contributed by atoms with Crippen LogP contribution in [0.15, 0.2) is 9.59 Å². The lowest BCUT2D eigenvalue weighted by atomic mass is 10.3. The Morgan fingerprint density at radius 3 is 2.62 bits per heavy atom. The minimum Gasteiger partial charge on any atom is -0.355 e. The van der Waals surface area contributed by atoms with Gasteiger partial charge in [-0.25, -0.2) is 4.79 Å². The Bertz CT molecular complexity index is 800. The molecule has 21 heavy (non-hydrogen) atoms. The van der Waals surface area contributed by atoms with Gasteiger partial charge in [-0.1, -0.05) is 0 Å².